The summed E-state index contributed by atoms with van der Waals surface area (Å²) >= 11 is 6.88. The van der Waals surface area contributed by atoms with E-state index in [0.717, 1.165) is 18.3 Å². The van der Waals surface area contributed by atoms with Crippen molar-refractivity contribution < 1.29 is 4.79 Å². The van der Waals surface area contributed by atoms with Gasteiger partial charge in [0.05, 0.1) is 5.56 Å². The average Bonchev–Trinajstić information content (AvgIpc) is 3.20. The van der Waals surface area contributed by atoms with Crippen molar-refractivity contribution in [3.8, 4) is 0 Å². The molecule has 2 bridgehead atoms. The Kier molecular flexibility index (Phi) is 4.45. The molecule has 1 aromatic heterocycles. The molecule has 2 fully saturated rings. The van der Waals surface area contributed by atoms with E-state index in [2.05, 4.69) is 23.1 Å². The lowest BCUT2D eigenvalue weighted by molar-refractivity contribution is 0.0944. The molecule has 0 unspecified atom stereocenters. The Balaban J connectivity index is 1.44. The number of amides is 1. The van der Waals surface area contributed by atoms with Crippen molar-refractivity contribution in [3.05, 3.63) is 21.9 Å². The Morgan fingerprint density at radius 1 is 1.38 bits per heavy atom. The molecule has 0 aromatic carbocycles. The molecular weight excluding hydrogens is 302 g/mol. The van der Waals surface area contributed by atoms with E-state index in [1.807, 2.05) is 11.4 Å². The van der Waals surface area contributed by atoms with Crippen LogP contribution in [0.3, 0.4) is 0 Å². The van der Waals surface area contributed by atoms with E-state index < -0.39 is 0 Å². The number of hydrogen-bond acceptors (Lipinski definition) is 3. The third-order valence-corrected chi connectivity index (χ3v) is 5.91. The highest BCUT2D eigenvalue weighted by Gasteiger charge is 2.39. The van der Waals surface area contributed by atoms with Gasteiger partial charge in [0.25, 0.3) is 5.91 Å². The summed E-state index contributed by atoms with van der Waals surface area (Å²) in [6.45, 7) is 2.08. The lowest BCUT2D eigenvalue weighted by Crippen LogP contribution is -2.50. The van der Waals surface area contributed by atoms with Crippen LogP contribution in [0.15, 0.2) is 11.4 Å². The largest absolute Gasteiger partial charge is 0.358 e. The van der Waals surface area contributed by atoms with Crippen LogP contribution in [0.4, 0.5) is 0 Å². The van der Waals surface area contributed by atoms with Crippen LogP contribution in [-0.2, 0) is 6.42 Å². The molecule has 0 radical (unpaired) electrons. The first-order valence-corrected chi connectivity index (χ1v) is 8.88. The van der Waals surface area contributed by atoms with Crippen LogP contribution in [-0.4, -0.2) is 17.1 Å². The lowest BCUT2D eigenvalue weighted by Gasteiger charge is -2.24. The van der Waals surface area contributed by atoms with Gasteiger partial charge in [-0.25, -0.2) is 0 Å². The topological polar surface area (TPSA) is 53.2 Å². The molecule has 114 valence electrons. The number of thiophene rings is 1. The number of hydrogen-bond donors (Lipinski definition) is 3. The Bertz CT molecular complexity index is 543. The first kappa shape index (κ1) is 14.8. The monoisotopic (exact) mass is 323 g/mol. The van der Waals surface area contributed by atoms with E-state index in [-0.39, 0.29) is 5.91 Å². The molecule has 1 aromatic rings. The van der Waals surface area contributed by atoms with E-state index in [1.54, 1.807) is 11.3 Å². The van der Waals surface area contributed by atoms with E-state index >= 15 is 0 Å². The smallest absolute Gasteiger partial charge is 0.270 e. The van der Waals surface area contributed by atoms with E-state index in [4.69, 9.17) is 12.2 Å². The van der Waals surface area contributed by atoms with Crippen LogP contribution in [0.25, 0.3) is 0 Å². The van der Waals surface area contributed by atoms with E-state index in [9.17, 15) is 4.79 Å². The summed E-state index contributed by atoms with van der Waals surface area (Å²) in [5, 5.41) is 5.74. The van der Waals surface area contributed by atoms with Crippen molar-refractivity contribution in [3.63, 3.8) is 0 Å². The fourth-order valence-electron chi connectivity index (χ4n) is 3.50. The van der Waals surface area contributed by atoms with Crippen molar-refractivity contribution in [1.82, 2.24) is 16.2 Å². The van der Waals surface area contributed by atoms with E-state index in [0.29, 0.717) is 16.7 Å². The number of rotatable bonds is 3. The number of hydrazine groups is 1. The zero-order valence-corrected chi connectivity index (χ0v) is 13.8. The Morgan fingerprint density at radius 3 is 2.86 bits per heavy atom. The highest BCUT2D eigenvalue weighted by molar-refractivity contribution is 7.80. The fraction of sp³-hybridized carbons (Fsp3) is 0.600. The summed E-state index contributed by atoms with van der Waals surface area (Å²) in [5.74, 6) is 1.50. The first-order valence-electron chi connectivity index (χ1n) is 7.60. The number of carbonyl (C=O) groups excluding carboxylic acids is 1. The van der Waals surface area contributed by atoms with Crippen LogP contribution in [0.5, 0.6) is 0 Å². The molecule has 21 heavy (non-hydrogen) atoms. The van der Waals surface area contributed by atoms with Gasteiger partial charge in [-0.3, -0.25) is 15.6 Å². The van der Waals surface area contributed by atoms with Crippen LogP contribution < -0.4 is 16.2 Å². The second-order valence-corrected chi connectivity index (χ2v) is 7.39. The van der Waals surface area contributed by atoms with Crippen molar-refractivity contribution in [2.75, 3.05) is 0 Å². The minimum Gasteiger partial charge on any atom is -0.358 e. The molecule has 2 aliphatic rings. The van der Waals surface area contributed by atoms with Gasteiger partial charge in [0.15, 0.2) is 5.11 Å². The normalized spacial score (nSPS) is 26.6. The molecule has 4 nitrogen and oxygen atoms in total. The van der Waals surface area contributed by atoms with Crippen LogP contribution in [0.1, 0.15) is 47.8 Å². The van der Waals surface area contributed by atoms with Crippen molar-refractivity contribution in [2.45, 2.75) is 45.1 Å². The van der Waals surface area contributed by atoms with Gasteiger partial charge in [-0.2, -0.15) is 0 Å². The maximum atomic E-state index is 12.0. The summed E-state index contributed by atoms with van der Waals surface area (Å²) < 4.78 is 0. The molecule has 0 spiro atoms. The molecule has 3 N–H and O–H groups in total. The zero-order chi connectivity index (χ0) is 14.8. The molecule has 1 heterocycles. The standard InChI is InChI=1S/C15H21N3OS2/c1-2-12-7-11(8-21-12)14(19)17-18-15(20)16-13-6-9-3-4-10(13)5-9/h7-10,13H,2-6H2,1H3,(H,17,19)(H2,16,18,20)/t9-,10-,13+/m0/s1. The van der Waals surface area contributed by atoms with Gasteiger partial charge >= 0.3 is 0 Å². The molecule has 2 saturated carbocycles. The predicted molar refractivity (Wildman–Crippen MR) is 89.3 cm³/mol. The summed E-state index contributed by atoms with van der Waals surface area (Å²) in [4.78, 5) is 13.2. The Labute approximate surface area is 134 Å². The number of aryl methyl sites for hydroxylation is 1. The predicted octanol–water partition coefficient (Wildman–Crippen LogP) is 2.61. The number of nitrogens with one attached hydrogen (secondary N) is 3. The lowest BCUT2D eigenvalue weighted by atomic mass is 9.96. The third-order valence-electron chi connectivity index (χ3n) is 4.61. The van der Waals surface area contributed by atoms with Crippen LogP contribution >= 0.6 is 23.6 Å². The van der Waals surface area contributed by atoms with Gasteiger partial charge < -0.3 is 5.32 Å². The molecule has 1 amide bonds. The average molecular weight is 323 g/mol. The maximum absolute atomic E-state index is 12.0. The Morgan fingerprint density at radius 2 is 2.24 bits per heavy atom. The van der Waals surface area contributed by atoms with E-state index in [1.165, 1.54) is 30.6 Å². The zero-order valence-electron chi connectivity index (χ0n) is 12.1. The molecule has 0 saturated heterocycles. The molecule has 3 rings (SSSR count). The molecule has 6 heteroatoms. The highest BCUT2D eigenvalue weighted by Crippen LogP contribution is 2.44. The number of fused-ring (bicyclic) bond motifs is 2. The third kappa shape index (κ3) is 3.37. The van der Waals surface area contributed by atoms with Gasteiger partial charge in [-0.1, -0.05) is 13.3 Å². The molecular formula is C15H21N3OS2. The van der Waals surface area contributed by atoms with Crippen LogP contribution in [0, 0.1) is 11.8 Å². The van der Waals surface area contributed by atoms with Gasteiger partial charge in [0.2, 0.25) is 0 Å². The van der Waals surface area contributed by atoms with Crippen molar-refractivity contribution in [2.24, 2.45) is 11.8 Å². The molecule has 2 aliphatic carbocycles. The maximum Gasteiger partial charge on any atom is 0.270 e. The minimum absolute atomic E-state index is 0.136. The molecule has 3 atom stereocenters. The minimum atomic E-state index is -0.136. The van der Waals surface area contributed by atoms with Crippen molar-refractivity contribution in [1.29, 1.82) is 0 Å². The SMILES string of the molecule is CCc1cc(C(=O)NNC(=S)N[C@@H]2C[C@H]3CC[C@H]2C3)cs1. The fourth-order valence-corrected chi connectivity index (χ4v) is 4.51. The highest BCUT2D eigenvalue weighted by atomic mass is 32.1. The van der Waals surface area contributed by atoms with Crippen molar-refractivity contribution >= 4 is 34.6 Å². The van der Waals surface area contributed by atoms with Crippen LogP contribution in [0.2, 0.25) is 0 Å². The second-order valence-electron chi connectivity index (χ2n) is 5.99. The van der Waals surface area contributed by atoms with Gasteiger partial charge in [-0.15, -0.1) is 11.3 Å². The molecule has 0 aliphatic heterocycles. The number of carbonyl (C=O) groups is 1. The Hall–Kier alpha value is -1.14. The summed E-state index contributed by atoms with van der Waals surface area (Å²) in [7, 11) is 0. The van der Waals surface area contributed by atoms with Gasteiger partial charge in [0.1, 0.15) is 0 Å². The number of thiocarbonyl (C=S) groups is 1. The second kappa shape index (κ2) is 6.32. The van der Waals surface area contributed by atoms with Gasteiger partial charge in [-0.05, 0) is 55.8 Å². The van der Waals surface area contributed by atoms with Gasteiger partial charge in [0, 0.05) is 16.3 Å². The summed E-state index contributed by atoms with van der Waals surface area (Å²) in [6.07, 6.45) is 6.19. The quantitative estimate of drug-likeness (QED) is 0.591. The summed E-state index contributed by atoms with van der Waals surface area (Å²) in [6, 6.07) is 2.40. The first-order chi connectivity index (χ1) is 10.2. The summed E-state index contributed by atoms with van der Waals surface area (Å²) in [5.41, 5.74) is 6.18.